The van der Waals surface area contributed by atoms with Crippen LogP contribution in [0.4, 0.5) is 0 Å². The number of fused-ring (bicyclic) bond motifs is 1. The van der Waals surface area contributed by atoms with Crippen molar-refractivity contribution >= 4 is 17.2 Å². The molecule has 0 spiro atoms. The molecule has 2 aromatic carbocycles. The molecule has 0 saturated heterocycles. The van der Waals surface area contributed by atoms with Crippen LogP contribution in [0, 0.1) is 18.3 Å². The van der Waals surface area contributed by atoms with Gasteiger partial charge in [0.2, 0.25) is 0 Å². The Morgan fingerprint density at radius 3 is 2.33 bits per heavy atom. The molecule has 0 aliphatic rings. The van der Waals surface area contributed by atoms with Crippen LogP contribution >= 0.6 is 0 Å². The Kier molecular flexibility index (Phi) is 4.06. The number of carbonyl (C=O) groups excluding carboxylic acids is 1. The van der Waals surface area contributed by atoms with Gasteiger partial charge >= 0.3 is 0 Å². The predicted octanol–water partition coefficient (Wildman–Crippen LogP) is 4.90. The van der Waals surface area contributed by atoms with E-state index in [1.165, 1.54) is 5.56 Å². The van der Waals surface area contributed by atoms with Crippen molar-refractivity contribution in [2.75, 3.05) is 0 Å². The lowest BCUT2D eigenvalue weighted by Crippen LogP contribution is -1.95. The van der Waals surface area contributed by atoms with Crippen LogP contribution in [0.3, 0.4) is 0 Å². The smallest absolute Gasteiger partial charge is 0.166 e. The first kappa shape index (κ1) is 16.7. The van der Waals surface area contributed by atoms with E-state index in [0.29, 0.717) is 11.3 Å². The number of aryl methyl sites for hydroxylation is 2. The normalized spacial score (nSPS) is 10.7. The van der Waals surface area contributed by atoms with Crippen LogP contribution in [-0.2, 0) is 7.05 Å². The van der Waals surface area contributed by atoms with Crippen molar-refractivity contribution in [1.82, 2.24) is 9.55 Å². The summed E-state index contributed by atoms with van der Waals surface area (Å²) in [5.41, 5.74) is 7.08. The average Bonchev–Trinajstić information content (AvgIpc) is 3.04. The van der Waals surface area contributed by atoms with Crippen LogP contribution in [0.25, 0.3) is 33.3 Å². The van der Waals surface area contributed by atoms with E-state index in [-0.39, 0.29) is 0 Å². The van der Waals surface area contributed by atoms with Crippen molar-refractivity contribution < 1.29 is 4.79 Å². The quantitative estimate of drug-likeness (QED) is 0.493. The van der Waals surface area contributed by atoms with Crippen molar-refractivity contribution in [3.63, 3.8) is 0 Å². The fourth-order valence-electron chi connectivity index (χ4n) is 3.36. The van der Waals surface area contributed by atoms with Gasteiger partial charge in [0.1, 0.15) is 0 Å². The van der Waals surface area contributed by atoms with E-state index in [4.69, 9.17) is 10.2 Å². The summed E-state index contributed by atoms with van der Waals surface area (Å²) in [6.07, 6.45) is 2.67. The van der Waals surface area contributed by atoms with Gasteiger partial charge in [0.05, 0.1) is 34.7 Å². The second-order valence-corrected chi connectivity index (χ2v) is 6.58. The lowest BCUT2D eigenvalue weighted by atomic mass is 9.95. The van der Waals surface area contributed by atoms with E-state index in [1.54, 1.807) is 12.1 Å². The van der Waals surface area contributed by atoms with E-state index in [9.17, 15) is 4.79 Å². The van der Waals surface area contributed by atoms with Crippen LogP contribution in [0.5, 0.6) is 0 Å². The summed E-state index contributed by atoms with van der Waals surface area (Å²) in [6.45, 7) is 2.05. The number of aldehydes is 1. The summed E-state index contributed by atoms with van der Waals surface area (Å²) < 4.78 is 1.85. The number of rotatable bonds is 3. The molecule has 0 bridgehead atoms. The Labute approximate surface area is 157 Å². The van der Waals surface area contributed by atoms with Gasteiger partial charge in [-0.25, -0.2) is 0 Å². The summed E-state index contributed by atoms with van der Waals surface area (Å²) in [6, 6.07) is 19.7. The van der Waals surface area contributed by atoms with Gasteiger partial charge in [-0.3, -0.25) is 9.78 Å². The maximum atomic E-state index is 11.4. The molecule has 130 valence electrons. The molecule has 0 fully saturated rings. The highest BCUT2D eigenvalue weighted by Gasteiger charge is 2.17. The Hall–Kier alpha value is -3.71. The molecule has 0 unspecified atom stereocenters. The third-order valence-electron chi connectivity index (χ3n) is 4.89. The largest absolute Gasteiger partial charge is 0.340 e. The number of benzene rings is 2. The molecular weight excluding hydrogens is 334 g/mol. The first-order chi connectivity index (χ1) is 13.1. The van der Waals surface area contributed by atoms with Gasteiger partial charge < -0.3 is 4.57 Å². The molecule has 0 saturated carbocycles. The molecule has 2 aromatic heterocycles. The third kappa shape index (κ3) is 2.80. The first-order valence-electron chi connectivity index (χ1n) is 8.63. The maximum Gasteiger partial charge on any atom is 0.166 e. The fraction of sp³-hybridized carbons (Fsp3) is 0.0870. The topological polar surface area (TPSA) is 58.7 Å². The van der Waals surface area contributed by atoms with E-state index < -0.39 is 0 Å². The van der Waals surface area contributed by atoms with E-state index in [1.807, 2.05) is 36.0 Å². The number of carbonyl (C=O) groups is 1. The highest BCUT2D eigenvalue weighted by molar-refractivity contribution is 6.04. The molecule has 4 aromatic rings. The number of hydrogen-bond donors (Lipinski definition) is 0. The van der Waals surface area contributed by atoms with Crippen molar-refractivity contribution in [3.8, 4) is 28.5 Å². The molecule has 4 rings (SSSR count). The van der Waals surface area contributed by atoms with Crippen molar-refractivity contribution in [1.29, 1.82) is 5.26 Å². The van der Waals surface area contributed by atoms with Gasteiger partial charge in [-0.2, -0.15) is 5.26 Å². The molecule has 0 amide bonds. The molecular formula is C23H17N3O. The SMILES string of the molecule is Cc1ccc(-c2ncc3c(cc(C=O)n3C)c2-c2ccc(C#N)cc2)cc1. The predicted molar refractivity (Wildman–Crippen MR) is 106 cm³/mol. The highest BCUT2D eigenvalue weighted by Crippen LogP contribution is 2.37. The molecule has 27 heavy (non-hydrogen) atoms. The van der Waals surface area contributed by atoms with Gasteiger partial charge in [0.15, 0.2) is 6.29 Å². The average molecular weight is 351 g/mol. The van der Waals surface area contributed by atoms with Gasteiger partial charge in [-0.15, -0.1) is 0 Å². The lowest BCUT2D eigenvalue weighted by molar-refractivity contribution is 0.111. The zero-order valence-corrected chi connectivity index (χ0v) is 15.1. The second-order valence-electron chi connectivity index (χ2n) is 6.58. The van der Waals surface area contributed by atoms with E-state index in [2.05, 4.69) is 37.3 Å². The van der Waals surface area contributed by atoms with Gasteiger partial charge in [0, 0.05) is 23.6 Å². The highest BCUT2D eigenvalue weighted by atomic mass is 16.1. The molecule has 0 atom stereocenters. The third-order valence-corrected chi connectivity index (χ3v) is 4.89. The van der Waals surface area contributed by atoms with Crippen LogP contribution in [0.15, 0.2) is 60.8 Å². The van der Waals surface area contributed by atoms with Crippen LogP contribution < -0.4 is 0 Å². The van der Waals surface area contributed by atoms with Gasteiger partial charge in [0.25, 0.3) is 0 Å². The van der Waals surface area contributed by atoms with Crippen molar-refractivity contribution in [2.24, 2.45) is 7.05 Å². The molecule has 0 aliphatic carbocycles. The van der Waals surface area contributed by atoms with E-state index >= 15 is 0 Å². The molecule has 4 heteroatoms. The Balaban J connectivity index is 2.06. The number of nitrogens with zero attached hydrogens (tertiary/aromatic N) is 3. The van der Waals surface area contributed by atoms with Crippen molar-refractivity contribution in [2.45, 2.75) is 6.92 Å². The lowest BCUT2D eigenvalue weighted by Gasteiger charge is -2.12. The Bertz CT molecular complexity index is 1190. The summed E-state index contributed by atoms with van der Waals surface area (Å²) >= 11 is 0. The molecule has 2 heterocycles. The zero-order chi connectivity index (χ0) is 19.0. The number of pyridine rings is 1. The maximum absolute atomic E-state index is 11.4. The Morgan fingerprint density at radius 1 is 1.04 bits per heavy atom. The number of nitriles is 1. The summed E-state index contributed by atoms with van der Waals surface area (Å²) in [4.78, 5) is 16.2. The van der Waals surface area contributed by atoms with E-state index in [0.717, 1.165) is 39.6 Å². The standard InChI is InChI=1S/C23H17N3O/c1-15-3-7-18(8-4-15)23-22(17-9-5-16(12-24)6-10-17)20-11-19(14-27)26(2)21(20)13-25-23/h3-11,13-14H,1-2H3. The van der Waals surface area contributed by atoms with Gasteiger partial charge in [-0.05, 0) is 30.7 Å². The Morgan fingerprint density at radius 2 is 1.70 bits per heavy atom. The molecule has 0 radical (unpaired) electrons. The second kappa shape index (κ2) is 6.54. The molecule has 0 N–H and O–H groups in total. The first-order valence-corrected chi connectivity index (χ1v) is 8.63. The zero-order valence-electron chi connectivity index (χ0n) is 15.1. The summed E-state index contributed by atoms with van der Waals surface area (Å²) in [5, 5.41) is 10.1. The summed E-state index contributed by atoms with van der Waals surface area (Å²) in [5.74, 6) is 0. The van der Waals surface area contributed by atoms with Crippen LogP contribution in [0.2, 0.25) is 0 Å². The number of hydrogen-bond acceptors (Lipinski definition) is 3. The molecule has 4 nitrogen and oxygen atoms in total. The minimum atomic E-state index is 0.600. The minimum Gasteiger partial charge on any atom is -0.340 e. The van der Waals surface area contributed by atoms with Gasteiger partial charge in [-0.1, -0.05) is 42.0 Å². The van der Waals surface area contributed by atoms with Crippen LogP contribution in [0.1, 0.15) is 21.6 Å². The monoisotopic (exact) mass is 351 g/mol. The molecule has 0 aliphatic heterocycles. The minimum absolute atomic E-state index is 0.600. The van der Waals surface area contributed by atoms with Crippen molar-refractivity contribution in [3.05, 3.63) is 77.6 Å². The number of aromatic nitrogens is 2. The van der Waals surface area contributed by atoms with Crippen LogP contribution in [-0.4, -0.2) is 15.8 Å². The fourth-order valence-corrected chi connectivity index (χ4v) is 3.36. The summed E-state index contributed by atoms with van der Waals surface area (Å²) in [7, 11) is 1.86.